The molecule has 2 aliphatic heterocycles. The van der Waals surface area contributed by atoms with Crippen LogP contribution in [0.5, 0.6) is 0 Å². The molecule has 7 heteroatoms. The Morgan fingerprint density at radius 1 is 1.15 bits per heavy atom. The molecule has 160 valence electrons. The van der Waals surface area contributed by atoms with E-state index >= 15 is 0 Å². The molecule has 0 spiro atoms. The summed E-state index contributed by atoms with van der Waals surface area (Å²) < 4.78 is 0. The van der Waals surface area contributed by atoms with Gasteiger partial charge in [0.2, 0.25) is 5.91 Å². The summed E-state index contributed by atoms with van der Waals surface area (Å²) in [5, 5.41) is 8.57. The Balaban J connectivity index is 0.000000385. The monoisotopic (exact) mass is 402 g/mol. The number of carbonyl (C=O) groups excluding carboxylic acids is 2. The molecule has 2 rings (SSSR count). The quantitative estimate of drug-likeness (QED) is 0.388. The van der Waals surface area contributed by atoms with Gasteiger partial charge in [-0.05, 0) is 31.2 Å². The summed E-state index contributed by atoms with van der Waals surface area (Å²) in [5.41, 5.74) is 5.74. The van der Waals surface area contributed by atoms with Crippen LogP contribution in [0.3, 0.4) is 0 Å². The topological polar surface area (TPSA) is 96.2 Å². The molecular weight excluding hydrogens is 360 g/mol. The average Bonchev–Trinajstić information content (AvgIpc) is 3.14. The highest BCUT2D eigenvalue weighted by molar-refractivity contribution is 7.99. The van der Waals surface area contributed by atoms with E-state index < -0.39 is 0 Å². The lowest BCUT2D eigenvalue weighted by Crippen LogP contribution is -2.31. The third kappa shape index (κ3) is 14.7. The van der Waals surface area contributed by atoms with Gasteiger partial charge in [-0.3, -0.25) is 4.79 Å². The highest BCUT2D eigenvalue weighted by Crippen LogP contribution is 2.20. The first-order valence-electron chi connectivity index (χ1n) is 10.3. The summed E-state index contributed by atoms with van der Waals surface area (Å²) in [6, 6.07) is 0.815. The highest BCUT2D eigenvalue weighted by Gasteiger charge is 2.35. The molecule has 2 aliphatic rings. The molecule has 2 fully saturated rings. The third-order valence-electron chi connectivity index (χ3n) is 4.22. The molecule has 0 aliphatic carbocycles. The SMILES string of the molecule is CC(C)(C)CCN.CCCCNC(=O)CCCC.O=C1NC2CSC[C@H]2N1. The summed E-state index contributed by atoms with van der Waals surface area (Å²) in [5.74, 6) is 2.35. The van der Waals surface area contributed by atoms with Crippen LogP contribution in [-0.2, 0) is 4.79 Å². The van der Waals surface area contributed by atoms with Crippen LogP contribution >= 0.6 is 11.8 Å². The van der Waals surface area contributed by atoms with Gasteiger partial charge in [0.1, 0.15) is 0 Å². The Hall–Kier alpha value is -0.950. The number of nitrogens with one attached hydrogen (secondary N) is 3. The van der Waals surface area contributed by atoms with Crippen LogP contribution in [0.2, 0.25) is 0 Å². The molecule has 2 heterocycles. The summed E-state index contributed by atoms with van der Waals surface area (Å²) in [6.45, 7) is 12.5. The number of thioether (sulfide) groups is 1. The number of rotatable bonds is 7. The predicted octanol–water partition coefficient (Wildman–Crippen LogP) is 3.26. The van der Waals surface area contributed by atoms with E-state index in [-0.39, 0.29) is 11.9 Å². The van der Waals surface area contributed by atoms with Crippen LogP contribution in [0.1, 0.15) is 73.1 Å². The third-order valence-corrected chi connectivity index (χ3v) is 5.41. The lowest BCUT2D eigenvalue weighted by molar-refractivity contribution is -0.121. The second-order valence-corrected chi connectivity index (χ2v) is 9.35. The van der Waals surface area contributed by atoms with E-state index in [0.717, 1.165) is 56.7 Å². The zero-order chi connectivity index (χ0) is 20.7. The molecular formula is C20H42N4O2S. The fraction of sp³-hybridized carbons (Fsp3) is 0.900. The molecule has 2 saturated heterocycles. The second kappa shape index (κ2) is 15.0. The highest BCUT2D eigenvalue weighted by atomic mass is 32.2. The molecule has 27 heavy (non-hydrogen) atoms. The van der Waals surface area contributed by atoms with Gasteiger partial charge in [-0.15, -0.1) is 0 Å². The smallest absolute Gasteiger partial charge is 0.315 e. The molecule has 6 nitrogen and oxygen atoms in total. The number of nitrogens with two attached hydrogens (primary N) is 1. The van der Waals surface area contributed by atoms with Gasteiger partial charge in [0, 0.05) is 24.5 Å². The van der Waals surface area contributed by atoms with Crippen molar-refractivity contribution in [1.82, 2.24) is 16.0 Å². The Morgan fingerprint density at radius 3 is 2.11 bits per heavy atom. The van der Waals surface area contributed by atoms with Crippen molar-refractivity contribution < 1.29 is 9.59 Å². The molecule has 0 aromatic carbocycles. The number of carbonyl (C=O) groups is 2. The molecule has 3 amide bonds. The minimum atomic E-state index is 0.00491. The Bertz CT molecular complexity index is 399. The van der Waals surface area contributed by atoms with Crippen LogP contribution in [-0.4, -0.2) is 48.6 Å². The van der Waals surface area contributed by atoms with Crippen LogP contribution < -0.4 is 21.7 Å². The summed E-state index contributed by atoms with van der Waals surface area (Å²) in [4.78, 5) is 21.6. The van der Waals surface area contributed by atoms with Crippen molar-refractivity contribution >= 4 is 23.7 Å². The average molecular weight is 403 g/mol. The number of urea groups is 1. The molecule has 2 atom stereocenters. The molecule has 0 saturated carbocycles. The fourth-order valence-electron chi connectivity index (χ4n) is 2.48. The van der Waals surface area contributed by atoms with E-state index in [2.05, 4.69) is 50.6 Å². The maximum Gasteiger partial charge on any atom is 0.315 e. The van der Waals surface area contributed by atoms with E-state index in [4.69, 9.17) is 5.73 Å². The van der Waals surface area contributed by atoms with Gasteiger partial charge in [0.15, 0.2) is 0 Å². The van der Waals surface area contributed by atoms with Crippen LogP contribution in [0.15, 0.2) is 0 Å². The number of amides is 3. The number of unbranched alkanes of at least 4 members (excludes halogenated alkanes) is 2. The van der Waals surface area contributed by atoms with E-state index in [1.165, 1.54) is 0 Å². The molecule has 1 unspecified atom stereocenters. The van der Waals surface area contributed by atoms with E-state index in [1.54, 1.807) is 0 Å². The van der Waals surface area contributed by atoms with Crippen molar-refractivity contribution in [2.45, 2.75) is 85.2 Å². The number of hydrogen-bond donors (Lipinski definition) is 4. The largest absolute Gasteiger partial charge is 0.356 e. The summed E-state index contributed by atoms with van der Waals surface area (Å²) >= 11 is 1.89. The molecule has 0 aromatic rings. The number of fused-ring (bicyclic) bond motifs is 1. The molecule has 0 aromatic heterocycles. The first kappa shape index (κ1) is 26.1. The van der Waals surface area contributed by atoms with Crippen LogP contribution in [0, 0.1) is 5.41 Å². The molecule has 0 bridgehead atoms. The van der Waals surface area contributed by atoms with Gasteiger partial charge >= 0.3 is 6.03 Å². The zero-order valence-electron chi connectivity index (χ0n) is 18.0. The Morgan fingerprint density at radius 2 is 1.70 bits per heavy atom. The predicted molar refractivity (Wildman–Crippen MR) is 117 cm³/mol. The minimum Gasteiger partial charge on any atom is -0.356 e. The number of hydrogen-bond acceptors (Lipinski definition) is 4. The Labute approximate surface area is 170 Å². The summed E-state index contributed by atoms with van der Waals surface area (Å²) in [7, 11) is 0. The second-order valence-electron chi connectivity index (χ2n) is 8.27. The van der Waals surface area contributed by atoms with Gasteiger partial charge < -0.3 is 21.7 Å². The van der Waals surface area contributed by atoms with Crippen molar-refractivity contribution in [2.75, 3.05) is 24.6 Å². The van der Waals surface area contributed by atoms with E-state index in [9.17, 15) is 9.59 Å². The van der Waals surface area contributed by atoms with Gasteiger partial charge in [0.25, 0.3) is 0 Å². The lowest BCUT2D eigenvalue weighted by atomic mass is 9.93. The maximum atomic E-state index is 11.0. The van der Waals surface area contributed by atoms with Crippen molar-refractivity contribution in [3.8, 4) is 0 Å². The van der Waals surface area contributed by atoms with E-state index in [0.29, 0.717) is 23.9 Å². The van der Waals surface area contributed by atoms with Gasteiger partial charge in [-0.1, -0.05) is 47.5 Å². The first-order valence-corrected chi connectivity index (χ1v) is 11.5. The zero-order valence-corrected chi connectivity index (χ0v) is 18.8. The van der Waals surface area contributed by atoms with Gasteiger partial charge in [-0.2, -0.15) is 11.8 Å². The van der Waals surface area contributed by atoms with Gasteiger partial charge in [-0.25, -0.2) is 4.79 Å². The van der Waals surface area contributed by atoms with Crippen LogP contribution in [0.25, 0.3) is 0 Å². The lowest BCUT2D eigenvalue weighted by Gasteiger charge is -2.15. The first-order chi connectivity index (χ1) is 12.7. The van der Waals surface area contributed by atoms with E-state index in [1.807, 2.05) is 11.8 Å². The fourth-order valence-corrected chi connectivity index (χ4v) is 3.76. The summed E-state index contributed by atoms with van der Waals surface area (Å²) in [6.07, 6.45) is 6.16. The van der Waals surface area contributed by atoms with Gasteiger partial charge in [0.05, 0.1) is 12.1 Å². The van der Waals surface area contributed by atoms with Crippen LogP contribution in [0.4, 0.5) is 4.79 Å². The maximum absolute atomic E-state index is 11.0. The van der Waals surface area contributed by atoms with Crippen molar-refractivity contribution in [3.05, 3.63) is 0 Å². The Kier molecular flexibility index (Phi) is 14.5. The van der Waals surface area contributed by atoms with Crippen molar-refractivity contribution in [3.63, 3.8) is 0 Å². The minimum absolute atomic E-state index is 0.00491. The normalized spacial score (nSPS) is 20.3. The van der Waals surface area contributed by atoms with Crippen molar-refractivity contribution in [1.29, 1.82) is 0 Å². The molecule has 5 N–H and O–H groups in total. The standard InChI is InChI=1S/C9H19NO.C6H15N.C5H8N2OS/c1-3-5-7-9(11)10-8-6-4-2;1-6(2,3)4-5-7;8-5-6-3-1-9-2-4(3)7-5/h3-8H2,1-2H3,(H,10,11);4-5,7H2,1-3H3;3-4H,1-2H2,(H2,6,7,8)/t;;3-,4?/m..1/s1. The van der Waals surface area contributed by atoms with Crippen molar-refractivity contribution in [2.24, 2.45) is 11.1 Å². The molecule has 0 radical (unpaired) electrons.